The third-order valence-electron chi connectivity index (χ3n) is 5.82. The highest BCUT2D eigenvalue weighted by Gasteiger charge is 2.42. The Morgan fingerprint density at radius 3 is 2.79 bits per heavy atom. The molecule has 2 aliphatic rings. The number of rotatable bonds is 5. The second-order valence-corrected chi connectivity index (χ2v) is 7.75. The van der Waals surface area contributed by atoms with E-state index in [0.717, 1.165) is 31.4 Å². The van der Waals surface area contributed by atoms with Gasteiger partial charge in [0, 0.05) is 30.5 Å². The Hall–Kier alpha value is -2.38. The number of benzene rings is 1. The van der Waals surface area contributed by atoms with Gasteiger partial charge in [0.05, 0.1) is 24.4 Å². The number of ether oxygens (including phenoxy) is 1. The van der Waals surface area contributed by atoms with Crippen molar-refractivity contribution in [3.8, 4) is 5.69 Å². The van der Waals surface area contributed by atoms with E-state index in [-0.39, 0.29) is 36.1 Å². The van der Waals surface area contributed by atoms with Crippen LogP contribution in [0.15, 0.2) is 35.1 Å². The molecule has 150 valence electrons. The first-order valence-electron chi connectivity index (χ1n) is 10.1. The smallest absolute Gasteiger partial charge is 0.271 e. The lowest BCUT2D eigenvalue weighted by Crippen LogP contribution is -2.51. The Kier molecular flexibility index (Phi) is 5.37. The SMILES string of the molecule is CCCc1cc(=O)n(-c2ccc(C(=O)N3CCO[C@H]4C[C@H](CO)C[C@@H]43)cc2)[nH]1. The van der Waals surface area contributed by atoms with Crippen LogP contribution in [-0.2, 0) is 11.2 Å². The number of aryl methyl sites for hydroxylation is 1. The van der Waals surface area contributed by atoms with Crippen LogP contribution in [-0.4, -0.2) is 57.6 Å². The minimum Gasteiger partial charge on any atom is -0.396 e. The fraction of sp³-hybridized carbons (Fsp3) is 0.524. The van der Waals surface area contributed by atoms with Gasteiger partial charge in [-0.15, -0.1) is 0 Å². The van der Waals surface area contributed by atoms with Crippen LogP contribution in [0.3, 0.4) is 0 Å². The van der Waals surface area contributed by atoms with Crippen LogP contribution in [0.2, 0.25) is 0 Å². The van der Waals surface area contributed by atoms with E-state index >= 15 is 0 Å². The molecule has 2 aromatic rings. The molecule has 1 aliphatic heterocycles. The average Bonchev–Trinajstić information content (AvgIpc) is 3.30. The Labute approximate surface area is 163 Å². The van der Waals surface area contributed by atoms with E-state index in [2.05, 4.69) is 12.0 Å². The van der Waals surface area contributed by atoms with E-state index in [0.29, 0.717) is 24.4 Å². The topological polar surface area (TPSA) is 87.6 Å². The maximum absolute atomic E-state index is 13.1. The third kappa shape index (κ3) is 3.52. The molecule has 28 heavy (non-hydrogen) atoms. The first-order chi connectivity index (χ1) is 13.6. The zero-order valence-electron chi connectivity index (χ0n) is 16.1. The van der Waals surface area contributed by atoms with Gasteiger partial charge in [-0.3, -0.25) is 14.7 Å². The number of H-pyrrole nitrogens is 1. The van der Waals surface area contributed by atoms with Crippen molar-refractivity contribution in [3.05, 3.63) is 51.9 Å². The lowest BCUT2D eigenvalue weighted by Gasteiger charge is -2.37. The molecular weight excluding hydrogens is 358 g/mol. The van der Waals surface area contributed by atoms with Crippen molar-refractivity contribution in [3.63, 3.8) is 0 Å². The van der Waals surface area contributed by atoms with Gasteiger partial charge in [-0.25, -0.2) is 4.68 Å². The zero-order chi connectivity index (χ0) is 19.7. The first-order valence-corrected chi connectivity index (χ1v) is 10.1. The number of fused-ring (bicyclic) bond motifs is 1. The molecule has 7 nitrogen and oxygen atoms in total. The van der Waals surface area contributed by atoms with Gasteiger partial charge >= 0.3 is 0 Å². The van der Waals surface area contributed by atoms with E-state index < -0.39 is 0 Å². The molecule has 2 N–H and O–H groups in total. The van der Waals surface area contributed by atoms with Crippen LogP contribution >= 0.6 is 0 Å². The van der Waals surface area contributed by atoms with E-state index in [1.165, 1.54) is 4.68 Å². The Bertz CT molecular complexity index is 886. The number of hydrogen-bond acceptors (Lipinski definition) is 4. The Morgan fingerprint density at radius 2 is 2.07 bits per heavy atom. The molecule has 3 atom stereocenters. The van der Waals surface area contributed by atoms with E-state index in [1.807, 2.05) is 4.90 Å². The molecule has 1 aromatic heterocycles. The van der Waals surface area contributed by atoms with E-state index in [1.54, 1.807) is 30.3 Å². The maximum atomic E-state index is 13.1. The van der Waals surface area contributed by atoms with Crippen LogP contribution in [0.1, 0.15) is 42.2 Å². The number of nitrogens with one attached hydrogen (secondary N) is 1. The van der Waals surface area contributed by atoms with Gasteiger partial charge in [-0.05, 0) is 49.4 Å². The molecule has 1 aromatic carbocycles. The largest absolute Gasteiger partial charge is 0.396 e. The van der Waals surface area contributed by atoms with Crippen molar-refractivity contribution < 1.29 is 14.6 Å². The van der Waals surface area contributed by atoms with Gasteiger partial charge in [0.1, 0.15) is 0 Å². The van der Waals surface area contributed by atoms with E-state index in [9.17, 15) is 14.7 Å². The lowest BCUT2D eigenvalue weighted by atomic mass is 10.1. The summed E-state index contributed by atoms with van der Waals surface area (Å²) in [5, 5.41) is 12.6. The number of aromatic amines is 1. The molecule has 0 radical (unpaired) electrons. The molecule has 0 spiro atoms. The Morgan fingerprint density at radius 1 is 1.29 bits per heavy atom. The fourth-order valence-electron chi connectivity index (χ4n) is 4.40. The van der Waals surface area contributed by atoms with Crippen molar-refractivity contribution in [2.24, 2.45) is 5.92 Å². The van der Waals surface area contributed by atoms with Gasteiger partial charge < -0.3 is 14.7 Å². The van der Waals surface area contributed by atoms with Crippen LogP contribution in [0, 0.1) is 5.92 Å². The summed E-state index contributed by atoms with van der Waals surface area (Å²) >= 11 is 0. The number of carbonyl (C=O) groups is 1. The van der Waals surface area contributed by atoms with Crippen LogP contribution in [0.5, 0.6) is 0 Å². The minimum atomic E-state index is -0.0976. The number of nitrogens with zero attached hydrogens (tertiary/aromatic N) is 2. The first kappa shape index (κ1) is 19.0. The molecule has 7 heteroatoms. The monoisotopic (exact) mass is 385 g/mol. The summed E-state index contributed by atoms with van der Waals surface area (Å²) in [4.78, 5) is 27.1. The van der Waals surface area contributed by atoms with Crippen LogP contribution in [0.4, 0.5) is 0 Å². The summed E-state index contributed by atoms with van der Waals surface area (Å²) in [5.74, 6) is 0.178. The predicted molar refractivity (Wildman–Crippen MR) is 105 cm³/mol. The standard InChI is InChI=1S/C21H27N3O4/c1-2-3-16-12-20(26)24(22-16)17-6-4-15(5-7-17)21(27)23-8-9-28-19-11-14(13-25)10-18(19)23/h4-7,12,14,18-19,22,25H,2-3,8-11,13H2,1H3/t14-,18+,19+/m1/s1. The lowest BCUT2D eigenvalue weighted by molar-refractivity contribution is -0.0448. The predicted octanol–water partition coefficient (Wildman–Crippen LogP) is 1.73. The number of aliphatic hydroxyl groups is 1. The number of carbonyl (C=O) groups excluding carboxylic acids is 1. The van der Waals surface area contributed by atoms with Gasteiger partial charge in [0.15, 0.2) is 0 Å². The highest BCUT2D eigenvalue weighted by atomic mass is 16.5. The summed E-state index contributed by atoms with van der Waals surface area (Å²) in [7, 11) is 0. The minimum absolute atomic E-state index is 0.0172. The molecule has 2 fully saturated rings. The summed E-state index contributed by atoms with van der Waals surface area (Å²) < 4.78 is 7.32. The van der Waals surface area contributed by atoms with Crippen molar-refractivity contribution in [1.82, 2.24) is 14.7 Å². The summed E-state index contributed by atoms with van der Waals surface area (Å²) in [6.45, 7) is 3.30. The second kappa shape index (κ2) is 7.93. The molecule has 4 rings (SSSR count). The highest BCUT2D eigenvalue weighted by molar-refractivity contribution is 5.94. The summed E-state index contributed by atoms with van der Waals surface area (Å²) in [5.41, 5.74) is 2.13. The number of hydrogen-bond donors (Lipinski definition) is 2. The maximum Gasteiger partial charge on any atom is 0.271 e. The quantitative estimate of drug-likeness (QED) is 0.821. The van der Waals surface area contributed by atoms with Crippen LogP contribution < -0.4 is 5.56 Å². The van der Waals surface area contributed by atoms with Gasteiger partial charge in [0.25, 0.3) is 11.5 Å². The molecule has 1 aliphatic carbocycles. The van der Waals surface area contributed by atoms with Gasteiger partial charge in [-0.2, -0.15) is 0 Å². The van der Waals surface area contributed by atoms with Gasteiger partial charge in [0.2, 0.25) is 0 Å². The number of morpholine rings is 1. The molecule has 1 amide bonds. The normalized spacial score (nSPS) is 24.4. The number of aromatic nitrogens is 2. The van der Waals surface area contributed by atoms with Gasteiger partial charge in [-0.1, -0.05) is 13.3 Å². The zero-order valence-corrected chi connectivity index (χ0v) is 16.1. The molecule has 1 saturated heterocycles. The molecule has 1 saturated carbocycles. The molecule has 0 unspecified atom stereocenters. The van der Waals surface area contributed by atoms with Crippen molar-refractivity contribution in [2.45, 2.75) is 44.8 Å². The third-order valence-corrected chi connectivity index (χ3v) is 5.82. The van der Waals surface area contributed by atoms with Crippen molar-refractivity contribution in [2.75, 3.05) is 19.8 Å². The number of amides is 1. The average molecular weight is 385 g/mol. The highest BCUT2D eigenvalue weighted by Crippen LogP contribution is 2.34. The van der Waals surface area contributed by atoms with Crippen molar-refractivity contribution in [1.29, 1.82) is 0 Å². The Balaban J connectivity index is 1.52. The van der Waals surface area contributed by atoms with Crippen LogP contribution in [0.25, 0.3) is 5.69 Å². The van der Waals surface area contributed by atoms with Crippen molar-refractivity contribution >= 4 is 5.91 Å². The summed E-state index contributed by atoms with van der Waals surface area (Å²) in [6, 6.07) is 8.78. The van der Waals surface area contributed by atoms with E-state index in [4.69, 9.17) is 4.74 Å². The summed E-state index contributed by atoms with van der Waals surface area (Å²) in [6.07, 6.45) is 3.39. The number of aliphatic hydroxyl groups excluding tert-OH is 1. The fourth-order valence-corrected chi connectivity index (χ4v) is 4.40. The molecule has 0 bridgehead atoms. The molecular formula is C21H27N3O4. The second-order valence-electron chi connectivity index (χ2n) is 7.75. The molecule has 2 heterocycles.